The lowest BCUT2D eigenvalue weighted by Crippen LogP contribution is -2.25. The highest BCUT2D eigenvalue weighted by molar-refractivity contribution is 7.99. The Kier molecular flexibility index (Phi) is 6.85. The van der Waals surface area contributed by atoms with Crippen LogP contribution in [-0.2, 0) is 5.75 Å². The van der Waals surface area contributed by atoms with Crippen molar-refractivity contribution in [3.63, 3.8) is 0 Å². The van der Waals surface area contributed by atoms with Gasteiger partial charge in [-0.25, -0.2) is 9.98 Å². The molecule has 2 rings (SSSR count). The molecule has 15 heteroatoms. The molecule has 0 fully saturated rings. The van der Waals surface area contributed by atoms with Gasteiger partial charge in [0.05, 0.1) is 11.4 Å². The Morgan fingerprint density at radius 3 is 2.81 bits per heavy atom. The summed E-state index contributed by atoms with van der Waals surface area (Å²) in [5.41, 5.74) is 11.7. The molecule has 0 amide bonds. The molecule has 1 atom stereocenters. The number of aliphatic imine (C=N–C) groups is 1. The number of aromatic nitrogens is 3. The molecule has 0 aliphatic rings. The minimum Gasteiger partial charge on any atom is -0.546 e. The maximum atomic E-state index is 12.1. The van der Waals surface area contributed by atoms with Crippen molar-refractivity contribution in [3.05, 3.63) is 11.1 Å². The Bertz CT molecular complexity index is 762. The quantitative estimate of drug-likeness (QED) is 0.262. The molecule has 5 N–H and O–H groups in total. The van der Waals surface area contributed by atoms with Crippen LogP contribution in [0.25, 0.3) is 0 Å². The van der Waals surface area contributed by atoms with E-state index in [1.165, 1.54) is 23.3 Å². The number of nitrogens with one attached hydrogen (secondary N) is 1. The molecule has 2 aromatic rings. The van der Waals surface area contributed by atoms with E-state index in [2.05, 4.69) is 24.0 Å². The van der Waals surface area contributed by atoms with Crippen molar-refractivity contribution in [1.82, 2.24) is 13.7 Å². The average Bonchev–Trinajstić information content (AvgIpc) is 3.12. The van der Waals surface area contributed by atoms with Crippen LogP contribution < -0.4 is 21.1 Å². The second-order valence-corrected chi connectivity index (χ2v) is 7.35. The first-order chi connectivity index (χ1) is 12.2. The first-order valence-electron chi connectivity index (χ1n) is 7.01. The van der Waals surface area contributed by atoms with E-state index in [1.54, 1.807) is 9.69 Å². The molecule has 0 aliphatic heterocycles. The first kappa shape index (κ1) is 20.5. The highest BCUT2D eigenvalue weighted by Crippen LogP contribution is 2.30. The fourth-order valence-corrected chi connectivity index (χ4v) is 4.02. The molecule has 0 aromatic carbocycles. The van der Waals surface area contributed by atoms with Crippen molar-refractivity contribution in [2.45, 2.75) is 18.9 Å². The van der Waals surface area contributed by atoms with Gasteiger partial charge in [-0.3, -0.25) is 4.31 Å². The van der Waals surface area contributed by atoms with Gasteiger partial charge in [0, 0.05) is 20.7 Å². The smallest absolute Gasteiger partial charge is 0.408 e. The fourth-order valence-electron chi connectivity index (χ4n) is 1.64. The number of anilines is 3. The highest BCUT2D eigenvalue weighted by atomic mass is 32.2. The standard InChI is InChI=1S/C11H15F3N8OS3/c1-2-22(8-7(15)20-26(23)21-8)25-4-6-3-24-10(18-6)19-9(16)17-5-11(12,13)14/h3H,2,4-5H2,1H3,(H2,15,20)(H3,16,17,18,19). The molecule has 0 spiro atoms. The molecule has 2 aromatic heterocycles. The number of thiazole rings is 1. The van der Waals surface area contributed by atoms with Crippen molar-refractivity contribution in [2.24, 2.45) is 10.7 Å². The zero-order chi connectivity index (χ0) is 19.3. The van der Waals surface area contributed by atoms with Gasteiger partial charge in [0.15, 0.2) is 22.2 Å². The van der Waals surface area contributed by atoms with Gasteiger partial charge in [-0.05, 0) is 18.9 Å². The van der Waals surface area contributed by atoms with Gasteiger partial charge in [0.25, 0.3) is 0 Å². The average molecular weight is 428 g/mol. The van der Waals surface area contributed by atoms with Crippen LogP contribution in [0.15, 0.2) is 10.4 Å². The molecule has 144 valence electrons. The van der Waals surface area contributed by atoms with Crippen molar-refractivity contribution in [3.8, 4) is 0 Å². The molecule has 9 nitrogen and oxygen atoms in total. The Hall–Kier alpha value is -1.84. The number of nitrogens with zero attached hydrogens (tertiary/aromatic N) is 5. The molecular weight excluding hydrogens is 413 g/mol. The van der Waals surface area contributed by atoms with E-state index in [9.17, 15) is 17.7 Å². The van der Waals surface area contributed by atoms with E-state index in [0.29, 0.717) is 28.9 Å². The number of hydrogen-bond donors (Lipinski definition) is 3. The number of rotatable bonds is 7. The second kappa shape index (κ2) is 8.70. The molecular formula is C11H15F3N8OS3. The Balaban J connectivity index is 1.92. The van der Waals surface area contributed by atoms with Crippen LogP contribution >= 0.6 is 34.4 Å². The molecule has 0 aliphatic carbocycles. The Morgan fingerprint density at radius 1 is 1.50 bits per heavy atom. The van der Waals surface area contributed by atoms with Gasteiger partial charge < -0.3 is 21.3 Å². The van der Waals surface area contributed by atoms with Crippen molar-refractivity contribution >= 4 is 57.2 Å². The Morgan fingerprint density at radius 2 is 2.23 bits per heavy atom. The minimum absolute atomic E-state index is 0.104. The summed E-state index contributed by atoms with van der Waals surface area (Å²) in [5, 5.41) is 4.57. The SMILES string of the molecule is CCN(SCc1csc(NC(N)=NCC(F)(F)F)n1)c1n[s+]([O-])nc1N. The molecule has 0 radical (unpaired) electrons. The van der Waals surface area contributed by atoms with Gasteiger partial charge >= 0.3 is 6.18 Å². The summed E-state index contributed by atoms with van der Waals surface area (Å²) >= 11 is 0.818. The summed E-state index contributed by atoms with van der Waals surface area (Å²) in [6.07, 6.45) is -4.42. The number of hydrogen-bond acceptors (Lipinski definition) is 9. The van der Waals surface area contributed by atoms with Crippen molar-refractivity contribution in [2.75, 3.05) is 28.4 Å². The molecule has 0 saturated heterocycles. The van der Waals surface area contributed by atoms with E-state index in [4.69, 9.17) is 11.5 Å². The maximum Gasteiger partial charge on any atom is 0.408 e. The van der Waals surface area contributed by atoms with Gasteiger partial charge in [-0.2, -0.15) is 13.2 Å². The topological polar surface area (TPSA) is 141 Å². The predicted molar refractivity (Wildman–Crippen MR) is 97.7 cm³/mol. The second-order valence-electron chi connectivity index (χ2n) is 4.68. The van der Waals surface area contributed by atoms with E-state index in [1.807, 2.05) is 6.92 Å². The van der Waals surface area contributed by atoms with Gasteiger partial charge in [0.2, 0.25) is 11.6 Å². The normalized spacial score (nSPS) is 13.1. The first-order valence-corrected chi connectivity index (χ1v) is 9.90. The van der Waals surface area contributed by atoms with Gasteiger partial charge in [-0.15, -0.1) is 11.3 Å². The van der Waals surface area contributed by atoms with Gasteiger partial charge in [0.1, 0.15) is 6.54 Å². The highest BCUT2D eigenvalue weighted by Gasteiger charge is 2.26. The Labute approximate surface area is 158 Å². The lowest BCUT2D eigenvalue weighted by Gasteiger charge is -2.16. The molecule has 2 heterocycles. The van der Waals surface area contributed by atoms with Crippen molar-refractivity contribution < 1.29 is 17.7 Å². The number of nitrogens with two attached hydrogens (primary N) is 2. The molecule has 1 unspecified atom stereocenters. The maximum absolute atomic E-state index is 12.1. The zero-order valence-corrected chi connectivity index (χ0v) is 15.8. The lowest BCUT2D eigenvalue weighted by molar-refractivity contribution is -0.118. The zero-order valence-electron chi connectivity index (χ0n) is 13.4. The van der Waals surface area contributed by atoms with Crippen LogP contribution in [-0.4, -0.2) is 43.5 Å². The fraction of sp³-hybridized carbons (Fsp3) is 0.455. The molecule has 26 heavy (non-hydrogen) atoms. The number of nitrogen functional groups attached to an aromatic ring is 1. The molecule has 0 bridgehead atoms. The van der Waals surface area contributed by atoms with E-state index < -0.39 is 23.9 Å². The van der Waals surface area contributed by atoms with E-state index in [0.717, 1.165) is 0 Å². The van der Waals surface area contributed by atoms with Crippen LogP contribution in [0.5, 0.6) is 0 Å². The summed E-state index contributed by atoms with van der Waals surface area (Å²) in [6.45, 7) is 1.05. The predicted octanol–water partition coefficient (Wildman–Crippen LogP) is 2.21. The number of halogens is 3. The van der Waals surface area contributed by atoms with Crippen molar-refractivity contribution in [1.29, 1.82) is 0 Å². The summed E-state index contributed by atoms with van der Waals surface area (Å²) in [7, 11) is 0. The van der Waals surface area contributed by atoms with Crippen LogP contribution in [0.1, 0.15) is 12.6 Å². The lowest BCUT2D eigenvalue weighted by atomic mass is 10.6. The third-order valence-electron chi connectivity index (χ3n) is 2.68. The molecule has 0 saturated carbocycles. The van der Waals surface area contributed by atoms with Crippen LogP contribution in [0.4, 0.5) is 29.9 Å². The van der Waals surface area contributed by atoms with E-state index in [-0.39, 0.29) is 11.8 Å². The number of guanidine groups is 1. The number of alkyl halides is 3. The van der Waals surface area contributed by atoms with E-state index >= 15 is 0 Å². The summed E-state index contributed by atoms with van der Waals surface area (Å²) < 4.78 is 56.8. The van der Waals surface area contributed by atoms with Crippen LogP contribution in [0, 0.1) is 0 Å². The third kappa shape index (κ3) is 6.15. The monoisotopic (exact) mass is 428 g/mol. The van der Waals surface area contributed by atoms with Crippen LogP contribution in [0.2, 0.25) is 0 Å². The summed E-state index contributed by atoms with van der Waals surface area (Å²) in [4.78, 5) is 7.41. The summed E-state index contributed by atoms with van der Waals surface area (Å²) in [5.74, 6) is 0.516. The minimum atomic E-state index is -4.42. The third-order valence-corrected chi connectivity index (χ3v) is 5.33. The van der Waals surface area contributed by atoms with Crippen LogP contribution in [0.3, 0.4) is 0 Å². The summed E-state index contributed by atoms with van der Waals surface area (Å²) in [6, 6.07) is 0. The van der Waals surface area contributed by atoms with Gasteiger partial charge in [-0.1, -0.05) is 0 Å². The largest absolute Gasteiger partial charge is 0.546 e.